The lowest BCUT2D eigenvalue weighted by Crippen LogP contribution is -2.24. The lowest BCUT2D eigenvalue weighted by Gasteiger charge is -2.07. The van der Waals surface area contributed by atoms with Crippen LogP contribution in [0.1, 0.15) is 27.2 Å². The Morgan fingerprint density at radius 3 is 2.35 bits per heavy atom. The van der Waals surface area contributed by atoms with Crippen LogP contribution >= 0.6 is 0 Å². The van der Waals surface area contributed by atoms with E-state index in [1.165, 1.54) is 5.56 Å². The van der Waals surface area contributed by atoms with E-state index in [9.17, 15) is 4.79 Å². The first-order valence-corrected chi connectivity index (χ1v) is 8.09. The maximum atomic E-state index is 12.2. The minimum atomic E-state index is -0.275. The third kappa shape index (κ3) is 4.42. The Morgan fingerprint density at radius 2 is 1.73 bits per heavy atom. The normalized spacial score (nSPS) is 10.0. The molecule has 0 saturated heterocycles. The van der Waals surface area contributed by atoms with Crippen molar-refractivity contribution in [1.82, 2.24) is 15.5 Å². The number of nitrogens with zero attached hydrogens (tertiary/aromatic N) is 3. The summed E-state index contributed by atoms with van der Waals surface area (Å²) in [6.45, 7) is 2.46. The Labute approximate surface area is 151 Å². The predicted octanol–water partition coefficient (Wildman–Crippen LogP) is 3.33. The van der Waals surface area contributed by atoms with Gasteiger partial charge in [0.15, 0.2) is 11.5 Å². The smallest absolute Gasteiger partial charge is 0.272 e. The van der Waals surface area contributed by atoms with Crippen LogP contribution < -0.4 is 10.6 Å². The van der Waals surface area contributed by atoms with Gasteiger partial charge in [-0.05, 0) is 48.9 Å². The van der Waals surface area contributed by atoms with Crippen LogP contribution in [-0.4, -0.2) is 16.1 Å². The van der Waals surface area contributed by atoms with Crippen LogP contribution in [0.4, 0.5) is 11.5 Å². The summed E-state index contributed by atoms with van der Waals surface area (Å²) in [5.41, 5.74) is 3.83. The molecule has 128 valence electrons. The molecule has 26 heavy (non-hydrogen) atoms. The molecular formula is C20H17N5O. The maximum absolute atomic E-state index is 12.2. The number of amides is 1. The zero-order valence-corrected chi connectivity index (χ0v) is 14.2. The number of nitrogens with one attached hydrogen (secondary N) is 2. The van der Waals surface area contributed by atoms with Gasteiger partial charge in [0.2, 0.25) is 0 Å². The molecule has 1 aromatic heterocycles. The largest absolute Gasteiger partial charge is 0.347 e. The quantitative estimate of drug-likeness (QED) is 0.741. The number of hydrogen-bond donors (Lipinski definition) is 2. The number of hydrogen-bond acceptors (Lipinski definition) is 5. The van der Waals surface area contributed by atoms with Crippen molar-refractivity contribution in [3.05, 3.63) is 83.0 Å². The average molecular weight is 343 g/mol. The standard InChI is InChI=1S/C20H17N5O/c1-14-2-4-16(5-3-14)13-22-20(26)18-10-11-19(25-24-18)23-17-8-6-15(12-21)7-9-17/h2-11H,13H2,1H3,(H,22,26)(H,23,25). The van der Waals surface area contributed by atoms with Crippen LogP contribution in [0.3, 0.4) is 0 Å². The molecule has 2 aromatic carbocycles. The van der Waals surface area contributed by atoms with E-state index in [0.29, 0.717) is 17.9 Å². The highest BCUT2D eigenvalue weighted by Gasteiger charge is 2.08. The van der Waals surface area contributed by atoms with Crippen molar-refractivity contribution < 1.29 is 4.79 Å². The van der Waals surface area contributed by atoms with Crippen LogP contribution in [-0.2, 0) is 6.54 Å². The number of carbonyl (C=O) groups is 1. The topological polar surface area (TPSA) is 90.7 Å². The summed E-state index contributed by atoms with van der Waals surface area (Å²) in [6.07, 6.45) is 0. The second-order valence-electron chi connectivity index (χ2n) is 5.79. The zero-order valence-electron chi connectivity index (χ0n) is 14.2. The second kappa shape index (κ2) is 7.90. The molecule has 0 aliphatic rings. The fourth-order valence-corrected chi connectivity index (χ4v) is 2.27. The van der Waals surface area contributed by atoms with Crippen molar-refractivity contribution in [3.63, 3.8) is 0 Å². The molecule has 0 bridgehead atoms. The van der Waals surface area contributed by atoms with Crippen molar-refractivity contribution in [1.29, 1.82) is 5.26 Å². The minimum Gasteiger partial charge on any atom is -0.347 e. The van der Waals surface area contributed by atoms with Crippen LogP contribution in [0.5, 0.6) is 0 Å². The van der Waals surface area contributed by atoms with Gasteiger partial charge in [0.05, 0.1) is 11.6 Å². The molecule has 0 aliphatic heterocycles. The van der Waals surface area contributed by atoms with Crippen LogP contribution in [0.2, 0.25) is 0 Å². The van der Waals surface area contributed by atoms with Crippen molar-refractivity contribution in [2.75, 3.05) is 5.32 Å². The number of aromatic nitrogens is 2. The van der Waals surface area contributed by atoms with E-state index in [-0.39, 0.29) is 11.6 Å². The Balaban J connectivity index is 1.58. The van der Waals surface area contributed by atoms with Gasteiger partial charge in [-0.2, -0.15) is 5.26 Å². The molecule has 0 aliphatic carbocycles. The van der Waals surface area contributed by atoms with Gasteiger partial charge in [0.25, 0.3) is 5.91 Å². The van der Waals surface area contributed by atoms with Crippen LogP contribution in [0, 0.1) is 18.3 Å². The summed E-state index contributed by atoms with van der Waals surface area (Å²) < 4.78 is 0. The van der Waals surface area contributed by atoms with Crippen molar-refractivity contribution in [2.45, 2.75) is 13.5 Å². The number of aryl methyl sites for hydroxylation is 1. The summed E-state index contributed by atoms with van der Waals surface area (Å²) in [7, 11) is 0. The summed E-state index contributed by atoms with van der Waals surface area (Å²) in [4.78, 5) is 12.2. The minimum absolute atomic E-state index is 0.252. The molecule has 6 heteroatoms. The molecule has 0 fully saturated rings. The Hall–Kier alpha value is -3.72. The average Bonchev–Trinajstić information content (AvgIpc) is 2.68. The third-order valence-electron chi connectivity index (χ3n) is 3.76. The molecule has 0 unspecified atom stereocenters. The molecule has 3 rings (SSSR count). The Morgan fingerprint density at radius 1 is 1.00 bits per heavy atom. The highest BCUT2D eigenvalue weighted by molar-refractivity contribution is 5.92. The van der Waals surface area contributed by atoms with Gasteiger partial charge in [0, 0.05) is 12.2 Å². The fraction of sp³-hybridized carbons (Fsp3) is 0.100. The molecule has 6 nitrogen and oxygen atoms in total. The molecule has 0 saturated carbocycles. The molecule has 0 spiro atoms. The number of carbonyl (C=O) groups excluding carboxylic acids is 1. The fourth-order valence-electron chi connectivity index (χ4n) is 2.27. The highest BCUT2D eigenvalue weighted by Crippen LogP contribution is 2.14. The Bertz CT molecular complexity index is 926. The van der Waals surface area contributed by atoms with Crippen molar-refractivity contribution >= 4 is 17.4 Å². The van der Waals surface area contributed by atoms with Gasteiger partial charge >= 0.3 is 0 Å². The van der Waals surface area contributed by atoms with Crippen molar-refractivity contribution in [3.8, 4) is 6.07 Å². The number of rotatable bonds is 5. The van der Waals surface area contributed by atoms with Crippen molar-refractivity contribution in [2.24, 2.45) is 0 Å². The molecule has 1 amide bonds. The molecular weight excluding hydrogens is 326 g/mol. The van der Waals surface area contributed by atoms with Gasteiger partial charge in [-0.1, -0.05) is 29.8 Å². The third-order valence-corrected chi connectivity index (χ3v) is 3.76. The van der Waals surface area contributed by atoms with E-state index >= 15 is 0 Å². The van der Waals surface area contributed by atoms with E-state index in [2.05, 4.69) is 26.9 Å². The van der Waals surface area contributed by atoms with Gasteiger partial charge in [-0.25, -0.2) is 0 Å². The first kappa shape index (κ1) is 17.1. The monoisotopic (exact) mass is 343 g/mol. The molecule has 2 N–H and O–H groups in total. The van der Waals surface area contributed by atoms with E-state index in [4.69, 9.17) is 5.26 Å². The van der Waals surface area contributed by atoms with Gasteiger partial charge in [-0.15, -0.1) is 10.2 Å². The van der Waals surface area contributed by atoms with Gasteiger partial charge < -0.3 is 10.6 Å². The summed E-state index contributed by atoms with van der Waals surface area (Å²) >= 11 is 0. The first-order chi connectivity index (χ1) is 12.6. The second-order valence-corrected chi connectivity index (χ2v) is 5.79. The maximum Gasteiger partial charge on any atom is 0.272 e. The summed E-state index contributed by atoms with van der Waals surface area (Å²) in [6, 6.07) is 20.3. The SMILES string of the molecule is Cc1ccc(CNC(=O)c2ccc(Nc3ccc(C#N)cc3)nn2)cc1. The Kier molecular flexibility index (Phi) is 5.20. The van der Waals surface area contributed by atoms with Crippen LogP contribution in [0.15, 0.2) is 60.7 Å². The van der Waals surface area contributed by atoms with E-state index in [0.717, 1.165) is 11.3 Å². The summed E-state index contributed by atoms with van der Waals surface area (Å²) in [5, 5.41) is 22.7. The van der Waals surface area contributed by atoms with E-state index < -0.39 is 0 Å². The lowest BCUT2D eigenvalue weighted by atomic mass is 10.1. The molecule has 1 heterocycles. The molecule has 0 radical (unpaired) electrons. The number of nitriles is 1. The summed E-state index contributed by atoms with van der Waals surface area (Å²) in [5.74, 6) is 0.243. The predicted molar refractivity (Wildman–Crippen MR) is 98.8 cm³/mol. The van der Waals surface area contributed by atoms with Crippen LogP contribution in [0.25, 0.3) is 0 Å². The van der Waals surface area contributed by atoms with Gasteiger partial charge in [0.1, 0.15) is 0 Å². The molecule has 3 aromatic rings. The zero-order chi connectivity index (χ0) is 18.4. The lowest BCUT2D eigenvalue weighted by molar-refractivity contribution is 0.0945. The number of benzene rings is 2. The van der Waals surface area contributed by atoms with E-state index in [1.54, 1.807) is 36.4 Å². The van der Waals surface area contributed by atoms with Gasteiger partial charge in [-0.3, -0.25) is 4.79 Å². The number of anilines is 2. The highest BCUT2D eigenvalue weighted by atomic mass is 16.1. The van der Waals surface area contributed by atoms with E-state index in [1.807, 2.05) is 31.2 Å². The first-order valence-electron chi connectivity index (χ1n) is 8.09. The molecule has 0 atom stereocenters.